The number of halogens is 1. The highest BCUT2D eigenvalue weighted by Gasteiger charge is 2.32. The molecule has 8 nitrogen and oxygen atoms in total. The number of nitrogens with zero attached hydrogens (tertiary/aromatic N) is 8. The normalized spacial score (nSPS) is 14.3. The van der Waals surface area contributed by atoms with E-state index in [1.54, 1.807) is 23.1 Å². The molecule has 4 aromatic heterocycles. The van der Waals surface area contributed by atoms with Crippen molar-refractivity contribution in [2.75, 3.05) is 29.9 Å². The molecular weight excluding hydrogens is 376 g/mol. The summed E-state index contributed by atoms with van der Waals surface area (Å²) in [5.74, 6) is 2.49. The first-order chi connectivity index (χ1) is 13.7. The lowest BCUT2D eigenvalue weighted by Crippen LogP contribution is -2.59. The molecule has 140 valence electrons. The molecule has 5 rings (SSSR count). The lowest BCUT2D eigenvalue weighted by atomic mass is 10.1. The molecule has 0 unspecified atom stereocenters. The van der Waals surface area contributed by atoms with Gasteiger partial charge in [-0.2, -0.15) is 4.52 Å². The van der Waals surface area contributed by atoms with Crippen LogP contribution in [0.3, 0.4) is 0 Å². The number of fused-ring (bicyclic) bond motifs is 1. The van der Waals surface area contributed by atoms with Gasteiger partial charge in [-0.25, -0.2) is 4.98 Å². The summed E-state index contributed by atoms with van der Waals surface area (Å²) in [4.78, 5) is 12.9. The van der Waals surface area contributed by atoms with Gasteiger partial charge in [-0.05, 0) is 36.4 Å². The fraction of sp³-hybridized carbons (Fsp3) is 0.211. The number of hydrogen-bond donors (Lipinski definition) is 0. The van der Waals surface area contributed by atoms with Gasteiger partial charge in [-0.3, -0.25) is 4.98 Å². The molecule has 0 radical (unpaired) electrons. The Bertz CT molecular complexity index is 1110. The van der Waals surface area contributed by atoms with Crippen molar-refractivity contribution in [1.29, 1.82) is 0 Å². The lowest BCUT2D eigenvalue weighted by molar-refractivity contribution is 0.487. The molecule has 0 bridgehead atoms. The monoisotopic (exact) mass is 392 g/mol. The molecule has 0 saturated carbocycles. The minimum atomic E-state index is 0.366. The van der Waals surface area contributed by atoms with Gasteiger partial charge < -0.3 is 9.80 Å². The highest BCUT2D eigenvalue weighted by Crippen LogP contribution is 2.25. The smallest absolute Gasteiger partial charge is 0.187 e. The maximum Gasteiger partial charge on any atom is 0.187 e. The molecule has 0 N–H and O–H groups in total. The van der Waals surface area contributed by atoms with E-state index in [0.717, 1.165) is 30.3 Å². The van der Waals surface area contributed by atoms with Crippen LogP contribution in [0.4, 0.5) is 11.6 Å². The summed E-state index contributed by atoms with van der Waals surface area (Å²) in [5.41, 5.74) is 1.59. The number of rotatable bonds is 4. The van der Waals surface area contributed by atoms with Crippen LogP contribution < -0.4 is 9.80 Å². The van der Waals surface area contributed by atoms with E-state index in [1.807, 2.05) is 36.4 Å². The van der Waals surface area contributed by atoms with Gasteiger partial charge in [-0.15, -0.1) is 15.3 Å². The van der Waals surface area contributed by atoms with Gasteiger partial charge in [0.2, 0.25) is 0 Å². The van der Waals surface area contributed by atoms with Crippen LogP contribution in [0.15, 0.2) is 55.0 Å². The Labute approximate surface area is 166 Å². The van der Waals surface area contributed by atoms with E-state index in [1.165, 1.54) is 0 Å². The Morgan fingerprint density at radius 1 is 1.07 bits per heavy atom. The number of likely N-dealkylation sites (N-methyl/N-ethyl adjacent to an activating group) is 1. The molecule has 9 heteroatoms. The quantitative estimate of drug-likeness (QED) is 0.528. The van der Waals surface area contributed by atoms with E-state index < -0.39 is 0 Å². The first kappa shape index (κ1) is 16.9. The van der Waals surface area contributed by atoms with Crippen LogP contribution >= 0.6 is 11.6 Å². The number of anilines is 2. The van der Waals surface area contributed by atoms with Crippen LogP contribution in [0.25, 0.3) is 17.0 Å². The third kappa shape index (κ3) is 2.91. The molecule has 0 amide bonds. The second kappa shape index (κ2) is 6.72. The molecule has 1 saturated heterocycles. The zero-order valence-corrected chi connectivity index (χ0v) is 15.9. The first-order valence-corrected chi connectivity index (χ1v) is 9.29. The third-order valence-electron chi connectivity index (χ3n) is 4.98. The summed E-state index contributed by atoms with van der Waals surface area (Å²) in [7, 11) is 2.05. The number of hydrogen-bond acceptors (Lipinski definition) is 7. The highest BCUT2D eigenvalue weighted by atomic mass is 35.5. The summed E-state index contributed by atoms with van der Waals surface area (Å²) < 4.78 is 1.77. The molecule has 0 aliphatic carbocycles. The van der Waals surface area contributed by atoms with Crippen molar-refractivity contribution in [2.45, 2.75) is 6.04 Å². The van der Waals surface area contributed by atoms with Crippen LogP contribution in [0.5, 0.6) is 0 Å². The van der Waals surface area contributed by atoms with E-state index in [2.05, 4.69) is 37.0 Å². The molecule has 5 heterocycles. The van der Waals surface area contributed by atoms with Gasteiger partial charge in [-0.1, -0.05) is 11.6 Å². The molecule has 1 aliphatic rings. The number of pyridine rings is 2. The Morgan fingerprint density at radius 2 is 1.96 bits per heavy atom. The second-order valence-electron chi connectivity index (χ2n) is 6.73. The van der Waals surface area contributed by atoms with Crippen molar-refractivity contribution in [3.63, 3.8) is 0 Å². The summed E-state index contributed by atoms with van der Waals surface area (Å²) in [6.07, 6.45) is 5.17. The Morgan fingerprint density at radius 3 is 2.71 bits per heavy atom. The first-order valence-electron chi connectivity index (χ1n) is 8.91. The van der Waals surface area contributed by atoms with Crippen LogP contribution in [-0.2, 0) is 0 Å². The van der Waals surface area contributed by atoms with E-state index >= 15 is 0 Å². The van der Waals surface area contributed by atoms with E-state index in [0.29, 0.717) is 22.5 Å². The fourth-order valence-electron chi connectivity index (χ4n) is 3.27. The topological polar surface area (TPSA) is 75.3 Å². The van der Waals surface area contributed by atoms with Crippen LogP contribution in [0.2, 0.25) is 5.02 Å². The molecule has 1 fully saturated rings. The zero-order chi connectivity index (χ0) is 19.1. The fourth-order valence-corrected chi connectivity index (χ4v) is 3.39. The van der Waals surface area contributed by atoms with E-state index in [-0.39, 0.29) is 0 Å². The van der Waals surface area contributed by atoms with Crippen LogP contribution in [0.1, 0.15) is 0 Å². The third-order valence-corrected chi connectivity index (χ3v) is 5.20. The lowest BCUT2D eigenvalue weighted by Gasteiger charge is -2.44. The average Bonchev–Trinajstić information content (AvgIpc) is 3.11. The SMILES string of the molecule is CN(c1ccc(Cl)cn1)C1CN(c2ccc3nnc(-c4cccnc4)n3n2)C1. The summed E-state index contributed by atoms with van der Waals surface area (Å²) in [6.45, 7) is 1.73. The number of aromatic nitrogens is 6. The Hall–Kier alpha value is -3.26. The summed E-state index contributed by atoms with van der Waals surface area (Å²) >= 11 is 5.93. The van der Waals surface area contributed by atoms with Gasteiger partial charge in [0.25, 0.3) is 0 Å². The maximum atomic E-state index is 5.93. The Balaban J connectivity index is 1.36. The molecule has 1 aliphatic heterocycles. The minimum Gasteiger partial charge on any atom is -0.353 e. The van der Waals surface area contributed by atoms with Crippen molar-refractivity contribution in [1.82, 2.24) is 29.8 Å². The standard InChI is InChI=1S/C19H17ClN8/c1-26(16-5-4-14(20)10-22-16)15-11-27(12-15)18-7-6-17-23-24-19(28(17)25-18)13-3-2-8-21-9-13/h2-10,15H,11-12H2,1H3. The predicted molar refractivity (Wildman–Crippen MR) is 108 cm³/mol. The van der Waals surface area contributed by atoms with Crippen molar-refractivity contribution in [3.8, 4) is 11.4 Å². The van der Waals surface area contributed by atoms with Gasteiger partial charge in [0.1, 0.15) is 11.6 Å². The second-order valence-corrected chi connectivity index (χ2v) is 7.17. The van der Waals surface area contributed by atoms with Gasteiger partial charge in [0, 0.05) is 44.3 Å². The van der Waals surface area contributed by atoms with Crippen molar-refractivity contribution >= 4 is 28.9 Å². The molecule has 0 aromatic carbocycles. The van der Waals surface area contributed by atoms with Gasteiger partial charge >= 0.3 is 0 Å². The largest absolute Gasteiger partial charge is 0.353 e. The van der Waals surface area contributed by atoms with Gasteiger partial charge in [0.15, 0.2) is 11.5 Å². The van der Waals surface area contributed by atoms with Crippen molar-refractivity contribution in [2.24, 2.45) is 0 Å². The van der Waals surface area contributed by atoms with Crippen LogP contribution in [-0.4, -0.2) is 56.0 Å². The minimum absolute atomic E-state index is 0.366. The van der Waals surface area contributed by atoms with E-state index in [9.17, 15) is 0 Å². The summed E-state index contributed by atoms with van der Waals surface area (Å²) in [6, 6.07) is 11.9. The van der Waals surface area contributed by atoms with Crippen LogP contribution in [0, 0.1) is 0 Å². The van der Waals surface area contributed by atoms with E-state index in [4.69, 9.17) is 16.7 Å². The van der Waals surface area contributed by atoms with Crippen molar-refractivity contribution < 1.29 is 0 Å². The summed E-state index contributed by atoms with van der Waals surface area (Å²) in [5, 5.41) is 13.9. The molecule has 0 spiro atoms. The predicted octanol–water partition coefficient (Wildman–Crippen LogP) is 2.56. The molecule has 4 aromatic rings. The zero-order valence-electron chi connectivity index (χ0n) is 15.1. The van der Waals surface area contributed by atoms with Gasteiger partial charge in [0.05, 0.1) is 11.1 Å². The Kier molecular flexibility index (Phi) is 4.05. The molecular formula is C19H17ClN8. The highest BCUT2D eigenvalue weighted by molar-refractivity contribution is 6.30. The maximum absolute atomic E-state index is 5.93. The van der Waals surface area contributed by atoms with Crippen molar-refractivity contribution in [3.05, 3.63) is 60.0 Å². The molecule has 0 atom stereocenters. The average molecular weight is 393 g/mol. The molecule has 28 heavy (non-hydrogen) atoms.